The Labute approximate surface area is 70.6 Å². The third-order valence-electron chi connectivity index (χ3n) is 2.55. The van der Waals surface area contributed by atoms with Gasteiger partial charge in [-0.05, 0) is 37.1 Å². The highest BCUT2D eigenvalue weighted by molar-refractivity contribution is 4.90. The predicted octanol–water partition coefficient (Wildman–Crippen LogP) is 2.42. The topological polar surface area (TPSA) is 12.0 Å². The molecule has 11 heavy (non-hydrogen) atoms. The molecule has 0 atom stereocenters. The van der Waals surface area contributed by atoms with Crippen molar-refractivity contribution >= 4 is 0 Å². The molecule has 1 heteroatoms. The molecule has 0 aromatic heterocycles. The zero-order valence-electron chi connectivity index (χ0n) is 8.11. The number of nitrogens with one attached hydrogen (secondary N) is 1. The normalized spacial score (nSPS) is 20.7. The molecule has 0 aliphatic heterocycles. The Morgan fingerprint density at radius 2 is 2.00 bits per heavy atom. The highest BCUT2D eigenvalue weighted by Gasteiger charge is 2.36. The molecule has 0 heterocycles. The van der Waals surface area contributed by atoms with Crippen LogP contribution in [0, 0.1) is 11.3 Å². The molecule has 0 bridgehead atoms. The fourth-order valence-electron chi connectivity index (χ4n) is 1.17. The first-order valence-corrected chi connectivity index (χ1v) is 4.83. The zero-order chi connectivity index (χ0) is 8.32. The van der Waals surface area contributed by atoms with Gasteiger partial charge >= 0.3 is 0 Å². The molecule has 1 rings (SSSR count). The minimum Gasteiger partial charge on any atom is -0.316 e. The summed E-state index contributed by atoms with van der Waals surface area (Å²) in [6.45, 7) is 9.36. The molecule has 0 saturated heterocycles. The van der Waals surface area contributed by atoms with Gasteiger partial charge < -0.3 is 5.32 Å². The lowest BCUT2D eigenvalue weighted by Gasteiger charge is -2.10. The molecule has 0 spiro atoms. The third kappa shape index (κ3) is 3.76. The van der Waals surface area contributed by atoms with Crippen LogP contribution in [0.25, 0.3) is 0 Å². The second-order valence-electron chi connectivity index (χ2n) is 4.67. The summed E-state index contributed by atoms with van der Waals surface area (Å²) in [5.74, 6) is 0.842. The molecule has 1 saturated carbocycles. The van der Waals surface area contributed by atoms with Gasteiger partial charge in [0.2, 0.25) is 0 Å². The van der Waals surface area contributed by atoms with Crippen molar-refractivity contribution in [1.29, 1.82) is 0 Å². The Morgan fingerprint density at radius 1 is 1.36 bits per heavy atom. The van der Waals surface area contributed by atoms with E-state index < -0.39 is 0 Å². The van der Waals surface area contributed by atoms with Gasteiger partial charge in [-0.3, -0.25) is 0 Å². The van der Waals surface area contributed by atoms with Crippen molar-refractivity contribution in [2.24, 2.45) is 11.3 Å². The Hall–Kier alpha value is -0.0400. The Bertz CT molecular complexity index is 114. The zero-order valence-corrected chi connectivity index (χ0v) is 8.11. The summed E-state index contributed by atoms with van der Waals surface area (Å²) < 4.78 is 0. The molecule has 1 aliphatic carbocycles. The van der Waals surface area contributed by atoms with Crippen LogP contribution in [0.5, 0.6) is 0 Å². The molecule has 1 N–H and O–H groups in total. The van der Waals surface area contributed by atoms with Crippen molar-refractivity contribution in [3.05, 3.63) is 0 Å². The highest BCUT2D eigenvalue weighted by Crippen LogP contribution is 2.43. The van der Waals surface area contributed by atoms with Crippen LogP contribution in [0.3, 0.4) is 0 Å². The van der Waals surface area contributed by atoms with Gasteiger partial charge in [0.1, 0.15) is 0 Å². The Morgan fingerprint density at radius 3 is 2.45 bits per heavy atom. The number of hydrogen-bond acceptors (Lipinski definition) is 1. The third-order valence-corrected chi connectivity index (χ3v) is 2.55. The smallest absolute Gasteiger partial charge is 0.000517 e. The van der Waals surface area contributed by atoms with Gasteiger partial charge in [0.25, 0.3) is 0 Å². The van der Waals surface area contributed by atoms with Crippen LogP contribution in [0.4, 0.5) is 0 Å². The predicted molar refractivity (Wildman–Crippen MR) is 49.7 cm³/mol. The van der Waals surface area contributed by atoms with Gasteiger partial charge in [0, 0.05) is 6.54 Å². The van der Waals surface area contributed by atoms with Crippen molar-refractivity contribution in [2.75, 3.05) is 13.1 Å². The first-order valence-electron chi connectivity index (χ1n) is 4.83. The molecule has 0 aromatic carbocycles. The van der Waals surface area contributed by atoms with Crippen molar-refractivity contribution in [1.82, 2.24) is 5.32 Å². The Kier molecular flexibility index (Phi) is 2.94. The van der Waals surface area contributed by atoms with E-state index in [-0.39, 0.29) is 0 Å². The second kappa shape index (κ2) is 3.57. The van der Waals surface area contributed by atoms with E-state index in [1.807, 2.05) is 0 Å². The largest absolute Gasteiger partial charge is 0.316 e. The average Bonchev–Trinajstić information content (AvgIpc) is 2.62. The van der Waals surface area contributed by atoms with E-state index in [4.69, 9.17) is 0 Å². The lowest BCUT2D eigenvalue weighted by atomic mass is 10.1. The maximum absolute atomic E-state index is 3.52. The van der Waals surface area contributed by atoms with Crippen LogP contribution in [-0.2, 0) is 0 Å². The first kappa shape index (κ1) is 9.05. The quantitative estimate of drug-likeness (QED) is 0.601. The monoisotopic (exact) mass is 155 g/mol. The van der Waals surface area contributed by atoms with Crippen molar-refractivity contribution in [3.8, 4) is 0 Å². The summed E-state index contributed by atoms with van der Waals surface area (Å²) in [6, 6.07) is 0. The van der Waals surface area contributed by atoms with E-state index in [1.54, 1.807) is 0 Å². The molecule has 0 radical (unpaired) electrons. The first-order chi connectivity index (χ1) is 5.12. The molecular formula is C10H21N. The standard InChI is InChI=1S/C10H21N/c1-9(2)4-7-11-8-10(3)5-6-10/h9,11H,4-8H2,1-3H3. The molecule has 0 amide bonds. The van der Waals surface area contributed by atoms with E-state index in [9.17, 15) is 0 Å². The van der Waals surface area contributed by atoms with E-state index in [2.05, 4.69) is 26.1 Å². The summed E-state index contributed by atoms with van der Waals surface area (Å²) in [7, 11) is 0. The van der Waals surface area contributed by atoms with Crippen LogP contribution in [0.2, 0.25) is 0 Å². The fourth-order valence-corrected chi connectivity index (χ4v) is 1.17. The van der Waals surface area contributed by atoms with Gasteiger partial charge in [-0.2, -0.15) is 0 Å². The molecule has 1 nitrogen and oxygen atoms in total. The maximum atomic E-state index is 3.52. The molecule has 1 fully saturated rings. The van der Waals surface area contributed by atoms with E-state index >= 15 is 0 Å². The summed E-state index contributed by atoms with van der Waals surface area (Å²) in [5.41, 5.74) is 0.678. The second-order valence-corrected chi connectivity index (χ2v) is 4.67. The number of rotatable bonds is 5. The minimum atomic E-state index is 0.678. The summed E-state index contributed by atoms with van der Waals surface area (Å²) >= 11 is 0. The fraction of sp³-hybridized carbons (Fsp3) is 1.00. The Balaban J connectivity index is 1.88. The van der Waals surface area contributed by atoms with Crippen LogP contribution < -0.4 is 5.32 Å². The van der Waals surface area contributed by atoms with Crippen LogP contribution in [0.15, 0.2) is 0 Å². The molecular weight excluding hydrogens is 134 g/mol. The maximum Gasteiger partial charge on any atom is 0.000517 e. The van der Waals surface area contributed by atoms with Gasteiger partial charge in [0.15, 0.2) is 0 Å². The molecule has 0 aromatic rings. The van der Waals surface area contributed by atoms with E-state index in [0.29, 0.717) is 5.41 Å². The molecule has 0 unspecified atom stereocenters. The molecule has 66 valence electrons. The molecule has 1 aliphatic rings. The minimum absolute atomic E-state index is 0.678. The van der Waals surface area contributed by atoms with Crippen molar-refractivity contribution < 1.29 is 0 Å². The number of hydrogen-bond donors (Lipinski definition) is 1. The van der Waals surface area contributed by atoms with Gasteiger partial charge in [-0.15, -0.1) is 0 Å². The summed E-state index contributed by atoms with van der Waals surface area (Å²) in [6.07, 6.45) is 4.18. The van der Waals surface area contributed by atoms with Crippen molar-refractivity contribution in [3.63, 3.8) is 0 Å². The van der Waals surface area contributed by atoms with Crippen LogP contribution in [0.1, 0.15) is 40.0 Å². The van der Waals surface area contributed by atoms with E-state index in [1.165, 1.54) is 32.4 Å². The summed E-state index contributed by atoms with van der Waals surface area (Å²) in [5, 5.41) is 3.52. The lowest BCUT2D eigenvalue weighted by Crippen LogP contribution is -2.23. The van der Waals surface area contributed by atoms with Gasteiger partial charge in [0.05, 0.1) is 0 Å². The van der Waals surface area contributed by atoms with Gasteiger partial charge in [-0.1, -0.05) is 20.8 Å². The summed E-state index contributed by atoms with van der Waals surface area (Å²) in [4.78, 5) is 0. The van der Waals surface area contributed by atoms with Gasteiger partial charge in [-0.25, -0.2) is 0 Å². The highest BCUT2D eigenvalue weighted by atomic mass is 14.9. The SMILES string of the molecule is CC(C)CCNCC1(C)CC1. The van der Waals surface area contributed by atoms with Crippen molar-refractivity contribution in [2.45, 2.75) is 40.0 Å². The van der Waals surface area contributed by atoms with E-state index in [0.717, 1.165) is 5.92 Å². The lowest BCUT2D eigenvalue weighted by molar-refractivity contribution is 0.467. The van der Waals surface area contributed by atoms with Crippen LogP contribution in [-0.4, -0.2) is 13.1 Å². The van der Waals surface area contributed by atoms with Crippen LogP contribution >= 0.6 is 0 Å². The average molecular weight is 155 g/mol.